The molecular formula is C9H15N3O2. The summed E-state index contributed by atoms with van der Waals surface area (Å²) in [6.07, 6.45) is 5.80. The Morgan fingerprint density at radius 3 is 3.29 bits per heavy atom. The molecule has 1 unspecified atom stereocenters. The van der Waals surface area contributed by atoms with Crippen molar-refractivity contribution in [3.8, 4) is 0 Å². The lowest BCUT2D eigenvalue weighted by molar-refractivity contribution is -0.0727. The topological polar surface area (TPSA) is 62.3 Å². The maximum Gasteiger partial charge on any atom is 0.202 e. The number of nitrogens with two attached hydrogens (primary N) is 1. The molecule has 5 nitrogen and oxygen atoms in total. The molecule has 1 aromatic heterocycles. The van der Waals surface area contributed by atoms with E-state index in [9.17, 15) is 0 Å². The summed E-state index contributed by atoms with van der Waals surface area (Å²) in [5.41, 5.74) is 5.60. The lowest BCUT2D eigenvalue weighted by Gasteiger charge is -2.22. The molecule has 0 bridgehead atoms. The Kier molecular flexibility index (Phi) is 3.00. The number of nitrogen functional groups attached to an aromatic ring is 1. The zero-order valence-electron chi connectivity index (χ0n) is 8.06. The third-order valence-electron chi connectivity index (χ3n) is 2.32. The first-order valence-electron chi connectivity index (χ1n) is 4.82. The fourth-order valence-corrected chi connectivity index (χ4v) is 1.48. The highest BCUT2D eigenvalue weighted by molar-refractivity contribution is 5.15. The van der Waals surface area contributed by atoms with Crippen molar-refractivity contribution in [3.05, 3.63) is 12.4 Å². The van der Waals surface area contributed by atoms with Crippen LogP contribution in [-0.4, -0.2) is 28.9 Å². The van der Waals surface area contributed by atoms with E-state index in [0.717, 1.165) is 19.4 Å². The lowest BCUT2D eigenvalue weighted by Crippen LogP contribution is -2.26. The van der Waals surface area contributed by atoms with Crippen molar-refractivity contribution in [1.29, 1.82) is 0 Å². The van der Waals surface area contributed by atoms with E-state index in [0.29, 0.717) is 19.3 Å². The van der Waals surface area contributed by atoms with Crippen molar-refractivity contribution >= 4 is 5.95 Å². The zero-order chi connectivity index (χ0) is 9.80. The first-order valence-corrected chi connectivity index (χ1v) is 4.82. The van der Waals surface area contributed by atoms with E-state index in [1.54, 1.807) is 17.0 Å². The Morgan fingerprint density at radius 2 is 2.64 bits per heavy atom. The molecule has 2 rings (SSSR count). The molecule has 2 N–H and O–H groups in total. The summed E-state index contributed by atoms with van der Waals surface area (Å²) in [7, 11) is 0. The van der Waals surface area contributed by atoms with Crippen LogP contribution in [0.4, 0.5) is 5.95 Å². The molecule has 1 aliphatic heterocycles. The lowest BCUT2D eigenvalue weighted by atomic mass is 10.2. The van der Waals surface area contributed by atoms with Gasteiger partial charge in [-0.25, -0.2) is 4.98 Å². The number of hydrogen-bond donors (Lipinski definition) is 1. The number of anilines is 1. The summed E-state index contributed by atoms with van der Waals surface area (Å²) in [6.45, 7) is 2.00. The molecular weight excluding hydrogens is 182 g/mol. The highest BCUT2D eigenvalue weighted by atomic mass is 16.5. The van der Waals surface area contributed by atoms with E-state index >= 15 is 0 Å². The van der Waals surface area contributed by atoms with Gasteiger partial charge in [0.1, 0.15) is 6.73 Å². The summed E-state index contributed by atoms with van der Waals surface area (Å²) < 4.78 is 12.7. The summed E-state index contributed by atoms with van der Waals surface area (Å²) >= 11 is 0. The molecule has 78 valence electrons. The number of imidazole rings is 1. The Hall–Kier alpha value is -1.07. The van der Waals surface area contributed by atoms with Crippen molar-refractivity contribution < 1.29 is 9.47 Å². The van der Waals surface area contributed by atoms with Crippen LogP contribution in [0.15, 0.2) is 12.4 Å². The van der Waals surface area contributed by atoms with Gasteiger partial charge < -0.3 is 15.2 Å². The van der Waals surface area contributed by atoms with Gasteiger partial charge in [-0.15, -0.1) is 0 Å². The first-order chi connectivity index (χ1) is 6.86. The smallest absolute Gasteiger partial charge is 0.202 e. The van der Waals surface area contributed by atoms with E-state index in [2.05, 4.69) is 4.98 Å². The molecule has 1 fully saturated rings. The zero-order valence-corrected chi connectivity index (χ0v) is 8.06. The van der Waals surface area contributed by atoms with Crippen molar-refractivity contribution in [2.24, 2.45) is 0 Å². The fraction of sp³-hybridized carbons (Fsp3) is 0.667. The Balaban J connectivity index is 1.79. The Labute approximate surface area is 82.8 Å². The third-order valence-corrected chi connectivity index (χ3v) is 2.32. The van der Waals surface area contributed by atoms with E-state index < -0.39 is 0 Å². The van der Waals surface area contributed by atoms with Gasteiger partial charge in [-0.3, -0.25) is 4.57 Å². The highest BCUT2D eigenvalue weighted by Gasteiger charge is 2.14. The molecule has 1 atom stereocenters. The molecule has 0 aliphatic carbocycles. The molecule has 0 radical (unpaired) electrons. The van der Waals surface area contributed by atoms with Gasteiger partial charge in [-0.05, 0) is 12.8 Å². The van der Waals surface area contributed by atoms with Crippen molar-refractivity contribution in [3.63, 3.8) is 0 Å². The Morgan fingerprint density at radius 1 is 1.71 bits per heavy atom. The molecule has 1 aliphatic rings. The predicted octanol–water partition coefficient (Wildman–Crippen LogP) is 0.618. The summed E-state index contributed by atoms with van der Waals surface area (Å²) in [6, 6.07) is 0. The van der Waals surface area contributed by atoms with Crippen LogP contribution in [0.1, 0.15) is 12.8 Å². The van der Waals surface area contributed by atoms with Crippen LogP contribution in [0.5, 0.6) is 0 Å². The second kappa shape index (κ2) is 4.43. The van der Waals surface area contributed by atoms with Crippen LogP contribution in [0.3, 0.4) is 0 Å². The number of hydrogen-bond acceptors (Lipinski definition) is 4. The van der Waals surface area contributed by atoms with Gasteiger partial charge >= 0.3 is 0 Å². The molecule has 5 heteroatoms. The van der Waals surface area contributed by atoms with E-state index in [1.165, 1.54) is 0 Å². The van der Waals surface area contributed by atoms with Crippen LogP contribution in [0.25, 0.3) is 0 Å². The van der Waals surface area contributed by atoms with Gasteiger partial charge in [-0.2, -0.15) is 0 Å². The first kappa shape index (κ1) is 9.48. The summed E-state index contributed by atoms with van der Waals surface area (Å²) in [4.78, 5) is 3.91. The van der Waals surface area contributed by atoms with Gasteiger partial charge in [0.15, 0.2) is 0 Å². The van der Waals surface area contributed by atoms with Crippen LogP contribution in [0.2, 0.25) is 0 Å². The van der Waals surface area contributed by atoms with Crippen LogP contribution < -0.4 is 5.73 Å². The van der Waals surface area contributed by atoms with Gasteiger partial charge in [0, 0.05) is 19.0 Å². The van der Waals surface area contributed by atoms with Gasteiger partial charge in [0.2, 0.25) is 5.95 Å². The summed E-state index contributed by atoms with van der Waals surface area (Å²) in [5, 5.41) is 0. The van der Waals surface area contributed by atoms with E-state index in [1.807, 2.05) is 0 Å². The highest BCUT2D eigenvalue weighted by Crippen LogP contribution is 2.11. The van der Waals surface area contributed by atoms with Gasteiger partial charge in [-0.1, -0.05) is 0 Å². The third kappa shape index (κ3) is 2.24. The molecule has 0 aromatic carbocycles. The van der Waals surface area contributed by atoms with Gasteiger partial charge in [0.25, 0.3) is 0 Å². The maximum absolute atomic E-state index is 5.63. The van der Waals surface area contributed by atoms with Crippen molar-refractivity contribution in [1.82, 2.24) is 9.55 Å². The second-order valence-corrected chi connectivity index (χ2v) is 3.39. The minimum absolute atomic E-state index is 0.200. The number of ether oxygens (including phenoxy) is 2. The molecule has 0 amide bonds. The Bertz CT molecular complexity index is 281. The average Bonchev–Trinajstić information content (AvgIpc) is 2.63. The molecule has 1 saturated heterocycles. The van der Waals surface area contributed by atoms with Crippen molar-refractivity contribution in [2.45, 2.75) is 25.7 Å². The van der Waals surface area contributed by atoms with E-state index in [4.69, 9.17) is 15.2 Å². The molecule has 1 aromatic rings. The number of nitrogens with zero attached hydrogens (tertiary/aromatic N) is 2. The average molecular weight is 197 g/mol. The van der Waals surface area contributed by atoms with E-state index in [-0.39, 0.29) is 6.10 Å². The summed E-state index contributed by atoms with van der Waals surface area (Å²) in [5.74, 6) is 0.488. The monoisotopic (exact) mass is 197 g/mol. The van der Waals surface area contributed by atoms with Crippen molar-refractivity contribution in [2.75, 3.05) is 18.9 Å². The quantitative estimate of drug-likeness (QED) is 0.771. The maximum atomic E-state index is 5.63. The van der Waals surface area contributed by atoms with Crippen LogP contribution in [-0.2, 0) is 16.2 Å². The number of aromatic nitrogens is 2. The SMILES string of the molecule is Nc1nccn1COC1CCCOC1. The fourth-order valence-electron chi connectivity index (χ4n) is 1.48. The predicted molar refractivity (Wildman–Crippen MR) is 51.6 cm³/mol. The largest absolute Gasteiger partial charge is 0.379 e. The minimum Gasteiger partial charge on any atom is -0.379 e. The second-order valence-electron chi connectivity index (χ2n) is 3.39. The van der Waals surface area contributed by atoms with Crippen LogP contribution >= 0.6 is 0 Å². The standard InChI is InChI=1S/C9H15N3O2/c10-9-11-3-4-12(9)7-14-8-2-1-5-13-6-8/h3-4,8H,1-2,5-7H2,(H2,10,11). The van der Waals surface area contributed by atoms with Crippen LogP contribution in [0, 0.1) is 0 Å². The number of rotatable bonds is 3. The molecule has 2 heterocycles. The molecule has 0 saturated carbocycles. The normalized spacial score (nSPS) is 22.4. The van der Waals surface area contributed by atoms with Gasteiger partial charge in [0.05, 0.1) is 12.7 Å². The molecule has 0 spiro atoms. The molecule has 14 heavy (non-hydrogen) atoms. The minimum atomic E-state index is 0.200.